The summed E-state index contributed by atoms with van der Waals surface area (Å²) >= 11 is 0. The third-order valence-corrected chi connectivity index (χ3v) is 7.59. The quantitative estimate of drug-likeness (QED) is 0.194. The number of carbonyl (C=O) groups is 2. The molecule has 0 saturated carbocycles. The molecule has 0 radical (unpaired) electrons. The number of para-hydroxylation sites is 2. The normalized spacial score (nSPS) is 12.1. The predicted octanol–water partition coefficient (Wildman–Crippen LogP) is 7.82. The number of ether oxygens (including phenoxy) is 2. The first kappa shape index (κ1) is 30.5. The number of fused-ring (bicyclic) bond motifs is 2. The number of benzene rings is 3. The Kier molecular flexibility index (Phi) is 8.31. The van der Waals surface area contributed by atoms with E-state index in [4.69, 9.17) is 9.47 Å². The summed E-state index contributed by atoms with van der Waals surface area (Å²) in [6, 6.07) is 22.3. The fraction of sp³-hybridized carbons (Fsp3) is 0.250. The Morgan fingerprint density at radius 1 is 0.690 bits per heavy atom. The average molecular weight is 593 g/mol. The van der Waals surface area contributed by atoms with Crippen molar-refractivity contribution in [1.82, 2.24) is 9.13 Å². The highest BCUT2D eigenvalue weighted by molar-refractivity contribution is 7.91. The van der Waals surface area contributed by atoms with Gasteiger partial charge in [-0.2, -0.15) is 0 Å². The van der Waals surface area contributed by atoms with Gasteiger partial charge in [-0.15, -0.1) is 0 Å². The molecule has 0 aliphatic rings. The van der Waals surface area contributed by atoms with Crippen molar-refractivity contribution in [2.24, 2.45) is 0 Å². The number of hydrogen-bond donors (Lipinski definition) is 0. The fourth-order valence-electron chi connectivity index (χ4n) is 4.11. The minimum atomic E-state index is -4.05. The van der Waals surface area contributed by atoms with Crippen LogP contribution in [0.1, 0.15) is 41.5 Å². The Bertz CT molecular complexity index is 1860. The van der Waals surface area contributed by atoms with E-state index in [9.17, 15) is 22.4 Å². The Labute approximate surface area is 244 Å². The lowest BCUT2D eigenvalue weighted by Crippen LogP contribution is -2.28. The topological polar surface area (TPSA) is 96.6 Å². The maximum absolute atomic E-state index is 13.2. The molecule has 5 aromatic rings. The molecule has 10 heteroatoms. The number of aromatic nitrogens is 2. The molecule has 0 N–H and O–H groups in total. The van der Waals surface area contributed by atoms with Crippen LogP contribution in [0.4, 0.5) is 14.0 Å². The summed E-state index contributed by atoms with van der Waals surface area (Å²) < 4.78 is 52.5. The molecule has 8 nitrogen and oxygen atoms in total. The van der Waals surface area contributed by atoms with Gasteiger partial charge in [0.05, 0.1) is 15.9 Å². The summed E-state index contributed by atoms with van der Waals surface area (Å²) in [4.78, 5) is 24.5. The van der Waals surface area contributed by atoms with Crippen molar-refractivity contribution in [2.45, 2.75) is 62.7 Å². The zero-order valence-electron chi connectivity index (χ0n) is 24.3. The smallest absolute Gasteiger partial charge is 0.420 e. The Morgan fingerprint density at radius 3 is 1.81 bits per heavy atom. The van der Waals surface area contributed by atoms with E-state index < -0.39 is 32.9 Å². The van der Waals surface area contributed by atoms with E-state index in [-0.39, 0.29) is 16.0 Å². The third-order valence-electron chi connectivity index (χ3n) is 5.84. The number of nitrogens with zero attached hydrogens (tertiary/aromatic N) is 2. The summed E-state index contributed by atoms with van der Waals surface area (Å²) in [7, 11) is -4.05. The van der Waals surface area contributed by atoms with Gasteiger partial charge in [-0.1, -0.05) is 36.4 Å². The first-order valence-corrected chi connectivity index (χ1v) is 14.7. The van der Waals surface area contributed by atoms with Gasteiger partial charge in [-0.3, -0.25) is 4.57 Å². The monoisotopic (exact) mass is 592 g/mol. The highest BCUT2D eigenvalue weighted by Crippen LogP contribution is 2.29. The van der Waals surface area contributed by atoms with E-state index in [2.05, 4.69) is 0 Å². The molecule has 3 aromatic carbocycles. The molecule has 0 bridgehead atoms. The number of carbonyl (C=O) groups excluding carboxylic acids is 2. The molecule has 0 aliphatic carbocycles. The molecule has 5 rings (SSSR count). The van der Waals surface area contributed by atoms with E-state index >= 15 is 0 Å². The lowest BCUT2D eigenvalue weighted by atomic mass is 10.2. The molecule has 0 fully saturated rings. The SMILES string of the molecule is CC(C)(C)OC(=O)n1c(S(=O)(=O)c2ccc(F)cc2)cc2ccccc21.CC(C)(C)OC(=O)n1ccc2ccccc21. The Hall–Kier alpha value is -4.44. The van der Waals surface area contributed by atoms with Gasteiger partial charge in [-0.25, -0.2) is 27.0 Å². The molecular formula is C32H33FN2O6S. The third kappa shape index (κ3) is 6.88. The Balaban J connectivity index is 0.000000216. The Morgan fingerprint density at radius 2 is 1.21 bits per heavy atom. The minimum Gasteiger partial charge on any atom is -0.443 e. The van der Waals surface area contributed by atoms with Gasteiger partial charge in [0.2, 0.25) is 9.84 Å². The van der Waals surface area contributed by atoms with Crippen LogP contribution in [-0.4, -0.2) is 40.9 Å². The van der Waals surface area contributed by atoms with Crippen LogP contribution < -0.4 is 0 Å². The average Bonchev–Trinajstić information content (AvgIpc) is 3.50. The van der Waals surface area contributed by atoms with Gasteiger partial charge < -0.3 is 9.47 Å². The van der Waals surface area contributed by atoms with Crippen molar-refractivity contribution in [3.8, 4) is 0 Å². The maximum Gasteiger partial charge on any atom is 0.420 e. The van der Waals surface area contributed by atoms with Gasteiger partial charge in [0, 0.05) is 17.0 Å². The number of sulfone groups is 1. The van der Waals surface area contributed by atoms with E-state index in [1.165, 1.54) is 22.8 Å². The summed E-state index contributed by atoms with van der Waals surface area (Å²) in [5.74, 6) is -0.545. The molecule has 0 unspecified atom stereocenters. The highest BCUT2D eigenvalue weighted by Gasteiger charge is 2.29. The summed E-state index contributed by atoms with van der Waals surface area (Å²) in [5, 5.41) is 1.40. The van der Waals surface area contributed by atoms with Gasteiger partial charge >= 0.3 is 12.2 Å². The van der Waals surface area contributed by atoms with E-state index in [0.29, 0.717) is 10.9 Å². The van der Waals surface area contributed by atoms with Crippen LogP contribution in [0.5, 0.6) is 0 Å². The first-order valence-electron chi connectivity index (χ1n) is 13.2. The first-order chi connectivity index (χ1) is 19.6. The second-order valence-corrected chi connectivity index (χ2v) is 13.4. The molecule has 0 spiro atoms. The molecule has 2 aromatic heterocycles. The number of halogens is 1. The van der Waals surface area contributed by atoms with Crippen LogP contribution in [0.2, 0.25) is 0 Å². The van der Waals surface area contributed by atoms with Crippen molar-refractivity contribution in [3.63, 3.8) is 0 Å². The van der Waals surface area contributed by atoms with Crippen LogP contribution in [-0.2, 0) is 19.3 Å². The minimum absolute atomic E-state index is 0.105. The van der Waals surface area contributed by atoms with Crippen LogP contribution in [0.3, 0.4) is 0 Å². The largest absolute Gasteiger partial charge is 0.443 e. The number of rotatable bonds is 2. The summed E-state index contributed by atoms with van der Waals surface area (Å²) in [6.45, 7) is 10.7. The molecule has 42 heavy (non-hydrogen) atoms. The number of hydrogen-bond acceptors (Lipinski definition) is 6. The molecule has 220 valence electrons. The van der Waals surface area contributed by atoms with Crippen LogP contribution in [0, 0.1) is 5.82 Å². The zero-order valence-corrected chi connectivity index (χ0v) is 25.1. The molecule has 0 aliphatic heterocycles. The van der Waals surface area contributed by atoms with Crippen LogP contribution >= 0.6 is 0 Å². The highest BCUT2D eigenvalue weighted by atomic mass is 32.2. The van der Waals surface area contributed by atoms with Crippen molar-refractivity contribution >= 4 is 43.8 Å². The molecule has 2 heterocycles. The van der Waals surface area contributed by atoms with Crippen molar-refractivity contribution in [2.75, 3.05) is 0 Å². The standard InChI is InChI=1S/C19H18FNO4S.C13H15NO2/c1-19(2,3)25-18(22)21-16-7-5-4-6-13(16)12-17(21)26(23,24)15-10-8-14(20)9-11-15;1-13(2,3)16-12(15)14-9-8-10-6-4-5-7-11(10)14/h4-12H,1-3H3;4-9H,1-3H3. The summed E-state index contributed by atoms with van der Waals surface area (Å²) in [6.07, 6.45) is 0.603. The lowest BCUT2D eigenvalue weighted by Gasteiger charge is -2.21. The van der Waals surface area contributed by atoms with Crippen molar-refractivity contribution in [1.29, 1.82) is 0 Å². The predicted molar refractivity (Wildman–Crippen MR) is 159 cm³/mol. The van der Waals surface area contributed by atoms with Crippen LogP contribution in [0.25, 0.3) is 21.8 Å². The fourth-order valence-corrected chi connectivity index (χ4v) is 5.54. The van der Waals surface area contributed by atoms with E-state index in [0.717, 1.165) is 27.6 Å². The van der Waals surface area contributed by atoms with E-state index in [1.807, 2.05) is 51.1 Å². The van der Waals surface area contributed by atoms with Crippen LogP contribution in [0.15, 0.2) is 101 Å². The second kappa shape index (κ2) is 11.4. The molecule has 0 atom stereocenters. The summed E-state index contributed by atoms with van der Waals surface area (Å²) in [5.41, 5.74) is 0.0288. The zero-order chi connectivity index (χ0) is 30.9. The van der Waals surface area contributed by atoms with Gasteiger partial charge in [0.15, 0.2) is 5.03 Å². The lowest BCUT2D eigenvalue weighted by molar-refractivity contribution is 0.0524. The molecule has 0 amide bonds. The van der Waals surface area contributed by atoms with Crippen molar-refractivity contribution in [3.05, 3.63) is 96.9 Å². The molecular weight excluding hydrogens is 559 g/mol. The van der Waals surface area contributed by atoms with Gasteiger partial charge in [0.25, 0.3) is 0 Å². The second-order valence-electron chi connectivity index (χ2n) is 11.5. The maximum atomic E-state index is 13.2. The molecule has 0 saturated heterocycles. The van der Waals surface area contributed by atoms with Gasteiger partial charge in [0.1, 0.15) is 17.0 Å². The van der Waals surface area contributed by atoms with Gasteiger partial charge in [-0.05, 0) is 90.1 Å². The van der Waals surface area contributed by atoms with E-state index in [1.54, 1.807) is 51.2 Å². The van der Waals surface area contributed by atoms with Crippen molar-refractivity contribution < 1.29 is 31.9 Å².